The molecule has 1 amide bonds. The molecule has 6 nitrogen and oxygen atoms in total. The highest BCUT2D eigenvalue weighted by molar-refractivity contribution is 5.84. The van der Waals surface area contributed by atoms with Gasteiger partial charge in [0.2, 0.25) is 5.91 Å². The van der Waals surface area contributed by atoms with Crippen molar-refractivity contribution in [1.29, 1.82) is 0 Å². The molecule has 3 fully saturated rings. The summed E-state index contributed by atoms with van der Waals surface area (Å²) < 4.78 is 44.8. The Morgan fingerprint density at radius 2 is 1.97 bits per heavy atom. The number of hydrogen-bond donors (Lipinski definition) is 1. The van der Waals surface area contributed by atoms with Gasteiger partial charge in [-0.25, -0.2) is 4.98 Å². The fourth-order valence-corrected chi connectivity index (χ4v) is 5.84. The number of amides is 1. The Hall–Kier alpha value is -1.87. The third-order valence-corrected chi connectivity index (χ3v) is 8.13. The van der Waals surface area contributed by atoms with Gasteiger partial charge in [-0.3, -0.25) is 4.79 Å². The number of alkyl halides is 3. The van der Waals surface area contributed by atoms with Crippen LogP contribution in [0, 0.1) is 17.3 Å². The molecule has 0 bridgehead atoms. The van der Waals surface area contributed by atoms with Crippen molar-refractivity contribution < 1.29 is 22.7 Å². The van der Waals surface area contributed by atoms with Gasteiger partial charge in [-0.15, -0.1) is 0 Å². The van der Waals surface area contributed by atoms with Crippen molar-refractivity contribution in [2.24, 2.45) is 17.3 Å². The quantitative estimate of drug-likeness (QED) is 0.689. The van der Waals surface area contributed by atoms with Gasteiger partial charge in [0.15, 0.2) is 0 Å². The molecule has 1 aromatic heterocycles. The van der Waals surface area contributed by atoms with Crippen LogP contribution < -0.4 is 10.2 Å². The van der Waals surface area contributed by atoms with E-state index in [0.717, 1.165) is 51.0 Å². The lowest BCUT2D eigenvalue weighted by Crippen LogP contribution is -2.54. The first-order chi connectivity index (χ1) is 16.1. The van der Waals surface area contributed by atoms with Crippen LogP contribution in [-0.2, 0) is 15.7 Å². The standard InChI is InChI=1S/C25H37F3N4O2/c1-17(2)24(7-4-20(15-24)30-21-6-13-34-16-18(21)3)23(33)32-11-9-31(10-12-32)22-14-19(5-8-29-22)25(26,27)28/h5,8,14,17-18,20-21,30H,4,6-7,9-13,15-16H2,1-3H3/t18-,20-,21?,24?/m1/s1. The van der Waals surface area contributed by atoms with Gasteiger partial charge in [-0.2, -0.15) is 13.2 Å². The van der Waals surface area contributed by atoms with Crippen LogP contribution in [0.15, 0.2) is 18.3 Å². The van der Waals surface area contributed by atoms with Crippen LogP contribution in [0.4, 0.5) is 19.0 Å². The lowest BCUT2D eigenvalue weighted by molar-refractivity contribution is -0.145. The highest BCUT2D eigenvalue weighted by Gasteiger charge is 2.50. The molecule has 0 spiro atoms. The number of nitrogens with zero attached hydrogens (tertiary/aromatic N) is 3. The Labute approximate surface area is 200 Å². The van der Waals surface area contributed by atoms with E-state index in [0.29, 0.717) is 50.0 Å². The monoisotopic (exact) mass is 482 g/mol. The number of pyridine rings is 1. The van der Waals surface area contributed by atoms with Crippen LogP contribution in [0.25, 0.3) is 0 Å². The number of anilines is 1. The largest absolute Gasteiger partial charge is 0.416 e. The molecule has 3 heterocycles. The smallest absolute Gasteiger partial charge is 0.381 e. The number of hydrogen-bond acceptors (Lipinski definition) is 5. The number of rotatable bonds is 5. The molecule has 34 heavy (non-hydrogen) atoms. The van der Waals surface area contributed by atoms with Crippen molar-refractivity contribution in [3.63, 3.8) is 0 Å². The zero-order chi connectivity index (χ0) is 24.5. The average molecular weight is 483 g/mol. The maximum atomic E-state index is 13.8. The zero-order valence-corrected chi connectivity index (χ0v) is 20.4. The fraction of sp³-hybridized carbons (Fsp3) is 0.760. The Bertz CT molecular complexity index is 857. The van der Waals surface area contributed by atoms with E-state index in [1.165, 1.54) is 6.20 Å². The summed E-state index contributed by atoms with van der Waals surface area (Å²) in [5, 5.41) is 3.82. The second-order valence-electron chi connectivity index (χ2n) is 10.5. The van der Waals surface area contributed by atoms with E-state index in [1.807, 2.05) is 9.80 Å². The summed E-state index contributed by atoms with van der Waals surface area (Å²) in [7, 11) is 0. The maximum absolute atomic E-state index is 13.8. The minimum atomic E-state index is -4.39. The third kappa shape index (κ3) is 5.20. The molecule has 0 radical (unpaired) electrons. The van der Waals surface area contributed by atoms with Crippen LogP contribution in [0.1, 0.15) is 52.0 Å². The molecule has 3 aliphatic rings. The SMILES string of the molecule is CC(C)C1(C(=O)N2CCN(c3cc(C(F)(F)F)ccn3)CC2)CC[C@@H](NC2CCOC[C@H]2C)C1. The van der Waals surface area contributed by atoms with Crippen LogP contribution in [0.5, 0.6) is 0 Å². The molecule has 190 valence electrons. The molecule has 4 rings (SSSR count). The van der Waals surface area contributed by atoms with E-state index in [4.69, 9.17) is 4.74 Å². The van der Waals surface area contributed by atoms with Gasteiger partial charge >= 0.3 is 6.18 Å². The van der Waals surface area contributed by atoms with Crippen LogP contribution >= 0.6 is 0 Å². The second-order valence-corrected chi connectivity index (χ2v) is 10.5. The second kappa shape index (κ2) is 10.0. The highest BCUT2D eigenvalue weighted by Crippen LogP contribution is 2.46. The summed E-state index contributed by atoms with van der Waals surface area (Å²) in [4.78, 5) is 21.7. The molecule has 4 atom stereocenters. The molecule has 1 N–H and O–H groups in total. The van der Waals surface area contributed by atoms with Gasteiger partial charge in [-0.05, 0) is 49.7 Å². The van der Waals surface area contributed by atoms with E-state index in [9.17, 15) is 18.0 Å². The van der Waals surface area contributed by atoms with Crippen molar-refractivity contribution in [3.8, 4) is 0 Å². The van der Waals surface area contributed by atoms with E-state index < -0.39 is 11.7 Å². The maximum Gasteiger partial charge on any atom is 0.416 e. The summed E-state index contributed by atoms with van der Waals surface area (Å²) in [6.07, 6.45) is 0.508. The molecule has 1 saturated carbocycles. The lowest BCUT2D eigenvalue weighted by Gasteiger charge is -2.42. The minimum Gasteiger partial charge on any atom is -0.381 e. The summed E-state index contributed by atoms with van der Waals surface area (Å²) in [5.41, 5.74) is -1.08. The number of carbonyl (C=O) groups is 1. The number of aromatic nitrogens is 1. The first kappa shape index (κ1) is 25.2. The summed E-state index contributed by atoms with van der Waals surface area (Å²) in [6.45, 7) is 10.0. The first-order valence-electron chi connectivity index (χ1n) is 12.5. The van der Waals surface area contributed by atoms with Gasteiger partial charge in [-0.1, -0.05) is 20.8 Å². The number of ether oxygens (including phenoxy) is 1. The summed E-state index contributed by atoms with van der Waals surface area (Å²) in [6, 6.07) is 2.84. The van der Waals surface area contributed by atoms with Gasteiger partial charge in [0.1, 0.15) is 5.82 Å². The van der Waals surface area contributed by atoms with Gasteiger partial charge in [0.25, 0.3) is 0 Å². The Balaban J connectivity index is 1.38. The fourth-order valence-electron chi connectivity index (χ4n) is 5.84. The lowest BCUT2D eigenvalue weighted by atomic mass is 9.74. The molecule has 1 aliphatic carbocycles. The Morgan fingerprint density at radius 3 is 2.62 bits per heavy atom. The molecule has 0 aromatic carbocycles. The van der Waals surface area contributed by atoms with Crippen LogP contribution in [-0.4, -0.2) is 67.3 Å². The first-order valence-corrected chi connectivity index (χ1v) is 12.5. The van der Waals surface area contributed by atoms with Gasteiger partial charge in [0, 0.05) is 51.1 Å². The molecule has 1 aromatic rings. The van der Waals surface area contributed by atoms with Gasteiger partial charge in [0.05, 0.1) is 17.6 Å². The van der Waals surface area contributed by atoms with Crippen molar-refractivity contribution in [1.82, 2.24) is 15.2 Å². The molecule has 9 heteroatoms. The summed E-state index contributed by atoms with van der Waals surface area (Å²) in [5.74, 6) is 1.21. The van der Waals surface area contributed by atoms with E-state index in [-0.39, 0.29) is 17.2 Å². The van der Waals surface area contributed by atoms with Crippen molar-refractivity contribution >= 4 is 11.7 Å². The Morgan fingerprint density at radius 1 is 1.24 bits per heavy atom. The average Bonchev–Trinajstić information content (AvgIpc) is 3.25. The van der Waals surface area contributed by atoms with Crippen LogP contribution in [0.3, 0.4) is 0 Å². The number of nitrogens with one attached hydrogen (secondary N) is 1. The molecular formula is C25H37F3N4O2. The molecule has 2 aliphatic heterocycles. The third-order valence-electron chi connectivity index (χ3n) is 8.13. The summed E-state index contributed by atoms with van der Waals surface area (Å²) >= 11 is 0. The van der Waals surface area contributed by atoms with Crippen molar-refractivity contribution in [2.75, 3.05) is 44.3 Å². The number of carbonyl (C=O) groups excluding carboxylic acids is 1. The van der Waals surface area contributed by atoms with Crippen LogP contribution in [0.2, 0.25) is 0 Å². The van der Waals surface area contributed by atoms with Crippen molar-refractivity contribution in [3.05, 3.63) is 23.9 Å². The normalized spacial score (nSPS) is 30.7. The highest BCUT2D eigenvalue weighted by atomic mass is 19.4. The van der Waals surface area contributed by atoms with Gasteiger partial charge < -0.3 is 19.9 Å². The molecule has 2 unspecified atom stereocenters. The Kier molecular flexibility index (Phi) is 7.43. The van der Waals surface area contributed by atoms with E-state index in [1.54, 1.807) is 0 Å². The van der Waals surface area contributed by atoms with E-state index >= 15 is 0 Å². The molecular weight excluding hydrogens is 445 g/mol. The topological polar surface area (TPSA) is 57.7 Å². The molecule has 2 saturated heterocycles. The number of piperazine rings is 1. The predicted molar refractivity (Wildman–Crippen MR) is 124 cm³/mol. The zero-order valence-electron chi connectivity index (χ0n) is 20.4. The minimum absolute atomic E-state index is 0.198. The van der Waals surface area contributed by atoms with Crippen molar-refractivity contribution in [2.45, 2.75) is 64.7 Å². The van der Waals surface area contributed by atoms with E-state index in [2.05, 4.69) is 31.1 Å². The number of halogens is 3. The predicted octanol–water partition coefficient (Wildman–Crippen LogP) is 3.96.